The molecule has 14 heavy (non-hydrogen) atoms. The molecule has 3 nitrogen and oxygen atoms in total. The first-order valence-corrected chi connectivity index (χ1v) is 3.68. The van der Waals surface area contributed by atoms with Gasteiger partial charge in [-0.15, -0.1) is 17.0 Å². The van der Waals surface area contributed by atoms with E-state index >= 15 is 0 Å². The van der Waals surface area contributed by atoms with Crippen molar-refractivity contribution in [2.24, 2.45) is 0 Å². The van der Waals surface area contributed by atoms with Crippen molar-refractivity contribution in [1.82, 2.24) is 0 Å². The zero-order valence-electron chi connectivity index (χ0n) is 7.49. The van der Waals surface area contributed by atoms with Crippen molar-refractivity contribution in [2.75, 3.05) is 7.11 Å². The average Bonchev–Trinajstić information content (AvgIpc) is 2.03. The molecule has 0 fully saturated rings. The number of aliphatic carboxylic acids is 1. The van der Waals surface area contributed by atoms with Gasteiger partial charge in [-0.1, -0.05) is 12.1 Å². The third-order valence-electron chi connectivity index (χ3n) is 1.59. The molecule has 1 rings (SSSR count). The molecule has 1 aromatic carbocycles. The Kier molecular flexibility index (Phi) is 5.15. The minimum absolute atomic E-state index is 0. The Morgan fingerprint density at radius 3 is 2.71 bits per heavy atom. The lowest BCUT2D eigenvalue weighted by Gasteiger charge is -2.06. The number of benzene rings is 1. The highest BCUT2D eigenvalue weighted by molar-refractivity contribution is 8.93. The van der Waals surface area contributed by atoms with E-state index in [4.69, 9.17) is 9.84 Å². The first-order valence-electron chi connectivity index (χ1n) is 3.68. The highest BCUT2D eigenvalue weighted by atomic mass is 79.9. The Bertz CT molecular complexity index is 328. The fourth-order valence-corrected chi connectivity index (χ4v) is 1.08. The Hall–Kier alpha value is -1.10. The van der Waals surface area contributed by atoms with Gasteiger partial charge in [0.15, 0.2) is 11.6 Å². The van der Waals surface area contributed by atoms with Gasteiger partial charge in [0, 0.05) is 5.56 Å². The van der Waals surface area contributed by atoms with Crippen LogP contribution in [0, 0.1) is 5.82 Å². The molecule has 0 aliphatic heterocycles. The summed E-state index contributed by atoms with van der Waals surface area (Å²) in [6.07, 6.45) is -0.235. The van der Waals surface area contributed by atoms with Crippen molar-refractivity contribution in [3.8, 4) is 5.75 Å². The van der Waals surface area contributed by atoms with Crippen LogP contribution < -0.4 is 4.74 Å². The van der Waals surface area contributed by atoms with E-state index in [0.717, 1.165) is 0 Å². The number of hydrogen-bond acceptors (Lipinski definition) is 2. The largest absolute Gasteiger partial charge is 0.493 e. The van der Waals surface area contributed by atoms with Gasteiger partial charge in [-0.3, -0.25) is 4.79 Å². The van der Waals surface area contributed by atoms with Crippen LogP contribution in [-0.2, 0) is 11.2 Å². The van der Waals surface area contributed by atoms with E-state index in [2.05, 4.69) is 0 Å². The molecule has 78 valence electrons. The molecular weight excluding hydrogens is 255 g/mol. The number of carboxylic acids is 1. The molecule has 0 saturated carbocycles. The minimum Gasteiger partial charge on any atom is -0.493 e. The van der Waals surface area contributed by atoms with Gasteiger partial charge in [0.25, 0.3) is 0 Å². The predicted octanol–water partition coefficient (Wildman–Crippen LogP) is 2.04. The van der Waals surface area contributed by atoms with Crippen molar-refractivity contribution in [2.45, 2.75) is 6.42 Å². The molecule has 0 atom stereocenters. The van der Waals surface area contributed by atoms with Crippen molar-refractivity contribution in [3.63, 3.8) is 0 Å². The van der Waals surface area contributed by atoms with Crippen LogP contribution >= 0.6 is 17.0 Å². The molecule has 0 heterocycles. The van der Waals surface area contributed by atoms with Crippen LogP contribution in [0.4, 0.5) is 4.39 Å². The van der Waals surface area contributed by atoms with E-state index in [0.29, 0.717) is 5.56 Å². The predicted molar refractivity (Wildman–Crippen MR) is 54.6 cm³/mol. The number of methoxy groups -OCH3 is 1. The van der Waals surface area contributed by atoms with Crippen LogP contribution in [0.5, 0.6) is 5.75 Å². The molecule has 0 aromatic heterocycles. The molecule has 5 heteroatoms. The molecule has 0 radical (unpaired) electrons. The van der Waals surface area contributed by atoms with Crippen LogP contribution in [0.3, 0.4) is 0 Å². The van der Waals surface area contributed by atoms with Crippen LogP contribution in [0.1, 0.15) is 5.56 Å². The van der Waals surface area contributed by atoms with E-state index in [1.807, 2.05) is 0 Å². The molecule has 0 amide bonds. The first kappa shape index (κ1) is 12.9. The number of rotatable bonds is 3. The Morgan fingerprint density at radius 1 is 1.57 bits per heavy atom. The van der Waals surface area contributed by atoms with Crippen molar-refractivity contribution in [3.05, 3.63) is 29.6 Å². The lowest BCUT2D eigenvalue weighted by Crippen LogP contribution is -2.03. The molecule has 1 N–H and O–H groups in total. The third kappa shape index (κ3) is 2.99. The van der Waals surface area contributed by atoms with Gasteiger partial charge in [0.05, 0.1) is 13.5 Å². The molecule has 0 spiro atoms. The maximum Gasteiger partial charge on any atom is 0.307 e. The maximum atomic E-state index is 13.0. The summed E-state index contributed by atoms with van der Waals surface area (Å²) < 4.78 is 17.7. The zero-order valence-corrected chi connectivity index (χ0v) is 9.20. The van der Waals surface area contributed by atoms with Gasteiger partial charge < -0.3 is 9.84 Å². The van der Waals surface area contributed by atoms with E-state index < -0.39 is 11.8 Å². The summed E-state index contributed by atoms with van der Waals surface area (Å²) >= 11 is 0. The molecule has 0 unspecified atom stereocenters. The molecule has 0 aliphatic carbocycles. The second-order valence-corrected chi connectivity index (χ2v) is 2.50. The maximum absolute atomic E-state index is 13.0. The normalized spacial score (nSPS) is 9.00. The minimum atomic E-state index is -1.01. The number of hydrogen-bond donors (Lipinski definition) is 1. The van der Waals surface area contributed by atoms with Gasteiger partial charge in [-0.25, -0.2) is 4.39 Å². The van der Waals surface area contributed by atoms with E-state index in [9.17, 15) is 9.18 Å². The van der Waals surface area contributed by atoms with Crippen LogP contribution in [0.25, 0.3) is 0 Å². The highest BCUT2D eigenvalue weighted by Gasteiger charge is 2.10. The average molecular weight is 265 g/mol. The third-order valence-corrected chi connectivity index (χ3v) is 1.59. The summed E-state index contributed by atoms with van der Waals surface area (Å²) in [4.78, 5) is 10.4. The van der Waals surface area contributed by atoms with Gasteiger partial charge in [0.2, 0.25) is 0 Å². The van der Waals surface area contributed by atoms with Gasteiger partial charge in [-0.2, -0.15) is 0 Å². The zero-order chi connectivity index (χ0) is 9.84. The summed E-state index contributed by atoms with van der Waals surface area (Å²) in [5.41, 5.74) is 0.343. The Balaban J connectivity index is 0.00000169. The summed E-state index contributed by atoms with van der Waals surface area (Å²) in [6, 6.07) is 4.20. The molecule has 0 aliphatic rings. The second kappa shape index (κ2) is 5.59. The smallest absolute Gasteiger partial charge is 0.307 e. The summed E-state index contributed by atoms with van der Waals surface area (Å²) in [5.74, 6) is -1.55. The number of carbonyl (C=O) groups is 1. The number of halogens is 2. The standard InChI is InChI=1S/C9H9FO3.BrH/c1-13-9-6(5-8(11)12)3-2-4-7(9)10;/h2-4H,5H2,1H3,(H,11,12);1H. The lowest BCUT2D eigenvalue weighted by molar-refractivity contribution is -0.136. The van der Waals surface area contributed by atoms with Crippen LogP contribution in [0.15, 0.2) is 18.2 Å². The second-order valence-electron chi connectivity index (χ2n) is 2.50. The summed E-state index contributed by atoms with van der Waals surface area (Å²) in [6.45, 7) is 0. The fraction of sp³-hybridized carbons (Fsp3) is 0.222. The van der Waals surface area contributed by atoms with Gasteiger partial charge in [0.1, 0.15) is 0 Å². The van der Waals surface area contributed by atoms with E-state index in [1.165, 1.54) is 25.3 Å². The van der Waals surface area contributed by atoms with Crippen molar-refractivity contribution >= 4 is 23.0 Å². The SMILES string of the molecule is Br.COc1c(F)cccc1CC(=O)O. The van der Waals surface area contributed by atoms with Crippen molar-refractivity contribution in [1.29, 1.82) is 0 Å². The summed E-state index contributed by atoms with van der Waals surface area (Å²) in [5, 5.41) is 8.50. The fourth-order valence-electron chi connectivity index (χ4n) is 1.08. The summed E-state index contributed by atoms with van der Waals surface area (Å²) in [7, 11) is 1.31. The Labute approximate surface area is 91.3 Å². The van der Waals surface area contributed by atoms with Gasteiger partial charge in [-0.05, 0) is 6.07 Å². The monoisotopic (exact) mass is 264 g/mol. The molecular formula is C9H10BrFO3. The Morgan fingerprint density at radius 2 is 2.21 bits per heavy atom. The van der Waals surface area contributed by atoms with Gasteiger partial charge >= 0.3 is 5.97 Å². The number of carboxylic acid groups (broad SMARTS) is 1. The number of para-hydroxylation sites is 1. The van der Waals surface area contributed by atoms with Crippen molar-refractivity contribution < 1.29 is 19.0 Å². The number of ether oxygens (including phenoxy) is 1. The lowest BCUT2D eigenvalue weighted by atomic mass is 10.1. The van der Waals surface area contributed by atoms with E-state index in [1.54, 1.807) is 0 Å². The van der Waals surface area contributed by atoms with Crippen LogP contribution in [0.2, 0.25) is 0 Å². The van der Waals surface area contributed by atoms with Crippen LogP contribution in [-0.4, -0.2) is 18.2 Å². The molecule has 0 bridgehead atoms. The quantitative estimate of drug-likeness (QED) is 0.909. The van der Waals surface area contributed by atoms with E-state index in [-0.39, 0.29) is 29.2 Å². The topological polar surface area (TPSA) is 46.5 Å². The molecule has 0 saturated heterocycles. The highest BCUT2D eigenvalue weighted by Crippen LogP contribution is 2.22. The molecule has 1 aromatic rings. The first-order chi connectivity index (χ1) is 6.15.